The van der Waals surface area contributed by atoms with E-state index < -0.39 is 10.8 Å². The van der Waals surface area contributed by atoms with Gasteiger partial charge < -0.3 is 10.6 Å². The highest BCUT2D eigenvalue weighted by atomic mass is 32.2. The minimum Gasteiger partial charge on any atom is -0.355 e. The highest BCUT2D eigenvalue weighted by molar-refractivity contribution is 7.86. The smallest absolute Gasteiger partial charge is 0.191 e. The molecule has 1 atom stereocenters. The summed E-state index contributed by atoms with van der Waals surface area (Å²) in [6.45, 7) is 11.5. The van der Waals surface area contributed by atoms with Gasteiger partial charge in [0.15, 0.2) is 5.96 Å². The van der Waals surface area contributed by atoms with Crippen molar-refractivity contribution < 1.29 is 4.21 Å². The van der Waals surface area contributed by atoms with Crippen LogP contribution in [0.25, 0.3) is 0 Å². The highest BCUT2D eigenvalue weighted by Gasteiger charge is 2.18. The number of nitrogens with one attached hydrogen (secondary N) is 2. The Morgan fingerprint density at radius 1 is 1.41 bits per heavy atom. The van der Waals surface area contributed by atoms with Crippen molar-refractivity contribution in [1.82, 2.24) is 15.6 Å². The number of guanidine groups is 1. The summed E-state index contributed by atoms with van der Waals surface area (Å²) in [5, 5.41) is 9.58. The van der Waals surface area contributed by atoms with Gasteiger partial charge in [0.05, 0.1) is 12.2 Å². The van der Waals surface area contributed by atoms with Crippen molar-refractivity contribution in [3.63, 3.8) is 0 Å². The second kappa shape index (κ2) is 8.62. The molecule has 0 aromatic carbocycles. The summed E-state index contributed by atoms with van der Waals surface area (Å²) in [6, 6.07) is 0. The summed E-state index contributed by atoms with van der Waals surface area (Å²) in [6.07, 6.45) is 0. The molecule has 0 saturated carbocycles. The Morgan fingerprint density at radius 2 is 2.09 bits per heavy atom. The van der Waals surface area contributed by atoms with E-state index in [-0.39, 0.29) is 4.75 Å². The van der Waals surface area contributed by atoms with E-state index in [1.54, 1.807) is 18.4 Å². The third kappa shape index (κ3) is 6.44. The zero-order valence-corrected chi connectivity index (χ0v) is 16.0. The van der Waals surface area contributed by atoms with Gasteiger partial charge in [-0.2, -0.15) is 0 Å². The molecule has 0 aliphatic heterocycles. The minimum atomic E-state index is -0.853. The van der Waals surface area contributed by atoms with Gasteiger partial charge in [-0.1, -0.05) is 13.8 Å². The second-order valence-corrected chi connectivity index (χ2v) is 9.60. The zero-order valence-electron chi connectivity index (χ0n) is 14.4. The lowest BCUT2D eigenvalue weighted by atomic mass is 10.2. The molecule has 0 amide bonds. The van der Waals surface area contributed by atoms with E-state index in [1.807, 2.05) is 20.8 Å². The molecule has 7 heteroatoms. The Kier molecular flexibility index (Phi) is 7.48. The van der Waals surface area contributed by atoms with E-state index in [2.05, 4.69) is 39.8 Å². The van der Waals surface area contributed by atoms with E-state index >= 15 is 0 Å². The van der Waals surface area contributed by atoms with Crippen LogP contribution in [0.1, 0.15) is 51.2 Å². The molecule has 2 N–H and O–H groups in total. The first-order valence-electron chi connectivity index (χ1n) is 7.51. The van der Waals surface area contributed by atoms with Crippen LogP contribution in [-0.2, 0) is 17.3 Å². The Balaban J connectivity index is 2.38. The summed E-state index contributed by atoms with van der Waals surface area (Å²) < 4.78 is 11.8. The average Bonchev–Trinajstić information content (AvgIpc) is 2.90. The first kappa shape index (κ1) is 19.1. The van der Waals surface area contributed by atoms with Crippen molar-refractivity contribution in [3.05, 3.63) is 16.1 Å². The van der Waals surface area contributed by atoms with Crippen molar-refractivity contribution in [3.8, 4) is 0 Å². The maximum Gasteiger partial charge on any atom is 0.191 e. The quantitative estimate of drug-likeness (QED) is 0.614. The molecule has 5 nitrogen and oxygen atoms in total. The van der Waals surface area contributed by atoms with Crippen LogP contribution in [0.5, 0.6) is 0 Å². The fourth-order valence-electron chi connectivity index (χ4n) is 1.62. The summed E-state index contributed by atoms with van der Waals surface area (Å²) in [4.78, 5) is 8.76. The molecule has 1 unspecified atom stereocenters. The maximum atomic E-state index is 12.0. The SMILES string of the molecule is CN=C(NCCS(=O)C(C)(C)C)NCc1nc(C(C)C)cs1. The molecule has 126 valence electrons. The monoisotopic (exact) mass is 344 g/mol. The highest BCUT2D eigenvalue weighted by Crippen LogP contribution is 2.17. The molecule has 0 saturated heterocycles. The van der Waals surface area contributed by atoms with Crippen molar-refractivity contribution in [2.75, 3.05) is 19.3 Å². The maximum absolute atomic E-state index is 12.0. The van der Waals surface area contributed by atoms with Gasteiger partial charge in [0, 0.05) is 40.3 Å². The molecule has 0 fully saturated rings. The molecule has 1 aromatic rings. The second-order valence-electron chi connectivity index (χ2n) is 6.34. The molecular formula is C15H28N4OS2. The summed E-state index contributed by atoms with van der Waals surface area (Å²) in [7, 11) is 0.880. The van der Waals surface area contributed by atoms with Gasteiger partial charge in [-0.05, 0) is 26.7 Å². The van der Waals surface area contributed by atoms with Crippen LogP contribution >= 0.6 is 11.3 Å². The summed E-state index contributed by atoms with van der Waals surface area (Å²) in [5.41, 5.74) is 1.13. The number of rotatable bonds is 6. The number of thiazole rings is 1. The minimum absolute atomic E-state index is 0.174. The van der Waals surface area contributed by atoms with E-state index in [0.29, 0.717) is 30.7 Å². The van der Waals surface area contributed by atoms with Crippen LogP contribution in [-0.4, -0.2) is 39.2 Å². The molecule has 0 radical (unpaired) electrons. The summed E-state index contributed by atoms with van der Waals surface area (Å²) in [5.74, 6) is 1.78. The van der Waals surface area contributed by atoms with Gasteiger partial charge in [0.1, 0.15) is 5.01 Å². The van der Waals surface area contributed by atoms with Crippen LogP contribution in [0.15, 0.2) is 10.4 Å². The number of nitrogens with zero attached hydrogens (tertiary/aromatic N) is 2. The molecule has 1 heterocycles. The predicted octanol–water partition coefficient (Wildman–Crippen LogP) is 2.48. The normalized spacial score (nSPS) is 14.2. The van der Waals surface area contributed by atoms with E-state index in [4.69, 9.17) is 0 Å². The van der Waals surface area contributed by atoms with Crippen molar-refractivity contribution >= 4 is 28.1 Å². The van der Waals surface area contributed by atoms with Gasteiger partial charge in [0.25, 0.3) is 0 Å². The third-order valence-corrected chi connectivity index (χ3v) is 5.86. The molecule has 1 rings (SSSR count). The molecule has 0 aliphatic carbocycles. The lowest BCUT2D eigenvalue weighted by molar-refractivity contribution is 0.647. The number of hydrogen-bond acceptors (Lipinski definition) is 4. The van der Waals surface area contributed by atoms with E-state index in [1.165, 1.54) is 0 Å². The number of aliphatic imine (C=N–C) groups is 1. The van der Waals surface area contributed by atoms with Crippen molar-refractivity contribution in [2.24, 2.45) is 4.99 Å². The Hall–Kier alpha value is -0.950. The van der Waals surface area contributed by atoms with Gasteiger partial charge in [0.2, 0.25) is 0 Å². The van der Waals surface area contributed by atoms with E-state index in [9.17, 15) is 4.21 Å². The third-order valence-electron chi connectivity index (χ3n) is 3.05. The van der Waals surface area contributed by atoms with Crippen molar-refractivity contribution in [2.45, 2.75) is 51.8 Å². The number of aromatic nitrogens is 1. The largest absolute Gasteiger partial charge is 0.355 e. The fourth-order valence-corrected chi connectivity index (χ4v) is 3.41. The average molecular weight is 345 g/mol. The van der Waals surface area contributed by atoms with Crippen LogP contribution < -0.4 is 10.6 Å². The summed E-state index contributed by atoms with van der Waals surface area (Å²) >= 11 is 1.66. The molecule has 0 aliphatic rings. The van der Waals surface area contributed by atoms with Gasteiger partial charge in [-0.25, -0.2) is 4.98 Å². The molecular weight excluding hydrogens is 316 g/mol. The predicted molar refractivity (Wildman–Crippen MR) is 97.2 cm³/mol. The number of hydrogen-bond donors (Lipinski definition) is 2. The first-order valence-corrected chi connectivity index (χ1v) is 9.71. The Labute approximate surface area is 140 Å². The Morgan fingerprint density at radius 3 is 2.59 bits per heavy atom. The first-order chi connectivity index (χ1) is 10.2. The van der Waals surface area contributed by atoms with Crippen LogP contribution in [0, 0.1) is 0 Å². The lowest BCUT2D eigenvalue weighted by Gasteiger charge is -2.18. The fraction of sp³-hybridized carbons (Fsp3) is 0.733. The standard InChI is InChI=1S/C15H28N4OS2/c1-11(2)12-10-21-13(19-12)9-18-14(16-6)17-7-8-22(20)15(3,4)5/h10-11H,7-9H2,1-6H3,(H2,16,17,18). The van der Waals surface area contributed by atoms with Gasteiger partial charge >= 0.3 is 0 Å². The molecule has 0 spiro atoms. The Bertz CT molecular complexity index is 518. The van der Waals surface area contributed by atoms with Crippen LogP contribution in [0.2, 0.25) is 0 Å². The van der Waals surface area contributed by atoms with Crippen molar-refractivity contribution in [1.29, 1.82) is 0 Å². The van der Waals surface area contributed by atoms with Crippen LogP contribution in [0.4, 0.5) is 0 Å². The van der Waals surface area contributed by atoms with Crippen LogP contribution in [0.3, 0.4) is 0 Å². The van der Waals surface area contributed by atoms with Gasteiger partial charge in [-0.15, -0.1) is 11.3 Å². The topological polar surface area (TPSA) is 66.4 Å². The van der Waals surface area contributed by atoms with E-state index in [0.717, 1.165) is 10.7 Å². The van der Waals surface area contributed by atoms with Gasteiger partial charge in [-0.3, -0.25) is 9.20 Å². The molecule has 1 aromatic heterocycles. The molecule has 0 bridgehead atoms. The zero-order chi connectivity index (χ0) is 16.8. The molecule has 22 heavy (non-hydrogen) atoms. The lowest BCUT2D eigenvalue weighted by Crippen LogP contribution is -2.40.